The van der Waals surface area contributed by atoms with E-state index in [0.29, 0.717) is 0 Å². The summed E-state index contributed by atoms with van der Waals surface area (Å²) in [5.74, 6) is -0.492. The van der Waals surface area contributed by atoms with E-state index in [9.17, 15) is 9.90 Å². The van der Waals surface area contributed by atoms with E-state index in [2.05, 4.69) is 13.8 Å². The van der Waals surface area contributed by atoms with Crippen molar-refractivity contribution in [1.82, 2.24) is 0 Å². The highest BCUT2D eigenvalue weighted by molar-refractivity contribution is 5.82. The van der Waals surface area contributed by atoms with Crippen molar-refractivity contribution in [3.8, 4) is 0 Å². The average Bonchev–Trinajstić information content (AvgIpc) is 2.49. The molecule has 3 aliphatic rings. The molecule has 1 saturated carbocycles. The molecular weight excluding hydrogens is 228 g/mol. The first-order valence-electron chi connectivity index (χ1n) is 7.00. The largest absolute Gasteiger partial charge is 0.455 e. The molecule has 0 aromatic rings. The van der Waals surface area contributed by atoms with Gasteiger partial charge in [0.05, 0.1) is 0 Å². The van der Waals surface area contributed by atoms with E-state index < -0.39 is 11.6 Å². The highest BCUT2D eigenvalue weighted by Gasteiger charge is 2.59. The number of fused-ring (bicyclic) bond motifs is 3. The van der Waals surface area contributed by atoms with E-state index in [1.54, 1.807) is 6.92 Å². The first-order chi connectivity index (χ1) is 8.36. The van der Waals surface area contributed by atoms with Gasteiger partial charge in [-0.2, -0.15) is 0 Å². The Kier molecular flexibility index (Phi) is 2.44. The number of carbonyl (C=O) groups is 1. The van der Waals surface area contributed by atoms with Crippen LogP contribution in [0.1, 0.15) is 52.9 Å². The van der Waals surface area contributed by atoms with Crippen molar-refractivity contribution < 1.29 is 14.6 Å². The van der Waals surface area contributed by atoms with Gasteiger partial charge >= 0.3 is 5.97 Å². The summed E-state index contributed by atoms with van der Waals surface area (Å²) in [4.78, 5) is 11.9. The first-order valence-corrected chi connectivity index (χ1v) is 7.00. The second-order valence-corrected chi connectivity index (χ2v) is 6.73. The molecular formula is C15H22O3. The molecule has 3 heteroatoms. The number of carbonyl (C=O) groups excluding carboxylic acids is 1. The Labute approximate surface area is 108 Å². The zero-order valence-electron chi connectivity index (χ0n) is 11.5. The Morgan fingerprint density at radius 1 is 1.33 bits per heavy atom. The van der Waals surface area contributed by atoms with Gasteiger partial charge in [0.25, 0.3) is 0 Å². The van der Waals surface area contributed by atoms with E-state index in [1.807, 2.05) is 0 Å². The molecule has 2 aliphatic carbocycles. The predicted molar refractivity (Wildman–Crippen MR) is 67.9 cm³/mol. The van der Waals surface area contributed by atoms with Gasteiger partial charge in [0.1, 0.15) is 6.10 Å². The molecule has 0 amide bonds. The Morgan fingerprint density at radius 2 is 2.06 bits per heavy atom. The molecule has 2 fully saturated rings. The monoisotopic (exact) mass is 250 g/mol. The van der Waals surface area contributed by atoms with Crippen molar-refractivity contribution in [3.63, 3.8) is 0 Å². The summed E-state index contributed by atoms with van der Waals surface area (Å²) < 4.78 is 5.54. The van der Waals surface area contributed by atoms with Crippen LogP contribution in [0.5, 0.6) is 0 Å². The van der Waals surface area contributed by atoms with Crippen LogP contribution in [0.3, 0.4) is 0 Å². The van der Waals surface area contributed by atoms with Crippen molar-refractivity contribution in [2.24, 2.45) is 11.3 Å². The summed E-state index contributed by atoms with van der Waals surface area (Å²) >= 11 is 0. The maximum Gasteiger partial charge on any atom is 0.338 e. The Hall–Kier alpha value is -0.830. The first kappa shape index (κ1) is 12.2. The molecule has 1 saturated heterocycles. The van der Waals surface area contributed by atoms with E-state index in [1.165, 1.54) is 24.0 Å². The van der Waals surface area contributed by atoms with Gasteiger partial charge in [-0.1, -0.05) is 12.5 Å². The second kappa shape index (κ2) is 3.60. The predicted octanol–water partition coefficient (Wildman–Crippen LogP) is 2.58. The minimum atomic E-state index is -1.29. The van der Waals surface area contributed by atoms with Crippen molar-refractivity contribution in [2.45, 2.75) is 64.6 Å². The smallest absolute Gasteiger partial charge is 0.338 e. The standard InChI is InChI=1S/C15H22O3/c1-9-5-4-7-14(2)8-6-10-12(11(9)14)18-13(16)15(10,3)17/h10,12,17H,4-8H2,1-3H3/t10-,12+,14-,15+/m1/s1. The summed E-state index contributed by atoms with van der Waals surface area (Å²) in [6, 6.07) is 0. The van der Waals surface area contributed by atoms with Gasteiger partial charge in [0, 0.05) is 5.92 Å². The quantitative estimate of drug-likeness (QED) is 0.531. The van der Waals surface area contributed by atoms with Crippen LogP contribution in [0, 0.1) is 11.3 Å². The maximum atomic E-state index is 11.9. The second-order valence-electron chi connectivity index (χ2n) is 6.73. The molecule has 4 atom stereocenters. The van der Waals surface area contributed by atoms with Crippen molar-refractivity contribution in [2.75, 3.05) is 0 Å². The Morgan fingerprint density at radius 3 is 2.78 bits per heavy atom. The van der Waals surface area contributed by atoms with Crippen LogP contribution in [-0.4, -0.2) is 22.8 Å². The Balaban J connectivity index is 2.06. The zero-order valence-corrected chi connectivity index (χ0v) is 11.5. The SMILES string of the molecule is CC1=C2[C@H]3OC(=O)[C@@](C)(O)[C@@H]3CC[C@@]2(C)CCC1. The molecule has 0 spiro atoms. The average molecular weight is 250 g/mol. The number of aliphatic hydroxyl groups is 1. The van der Waals surface area contributed by atoms with Gasteiger partial charge in [-0.15, -0.1) is 0 Å². The fourth-order valence-corrected chi connectivity index (χ4v) is 4.30. The van der Waals surface area contributed by atoms with Gasteiger partial charge in [-0.25, -0.2) is 4.79 Å². The maximum absolute atomic E-state index is 11.9. The molecule has 3 rings (SSSR count). The van der Waals surface area contributed by atoms with Gasteiger partial charge < -0.3 is 9.84 Å². The number of hydrogen-bond acceptors (Lipinski definition) is 3. The summed E-state index contributed by atoms with van der Waals surface area (Å²) in [6.07, 6.45) is 5.29. The Bertz CT molecular complexity index is 435. The van der Waals surface area contributed by atoms with E-state index in [0.717, 1.165) is 19.3 Å². The fraction of sp³-hybridized carbons (Fsp3) is 0.800. The van der Waals surface area contributed by atoms with Crippen LogP contribution < -0.4 is 0 Å². The summed E-state index contributed by atoms with van der Waals surface area (Å²) in [5, 5.41) is 10.3. The molecule has 1 N–H and O–H groups in total. The van der Waals surface area contributed by atoms with E-state index in [-0.39, 0.29) is 17.4 Å². The molecule has 0 aromatic heterocycles. The molecule has 1 heterocycles. The van der Waals surface area contributed by atoms with E-state index >= 15 is 0 Å². The summed E-state index contributed by atoms with van der Waals surface area (Å²) in [7, 11) is 0. The van der Waals surface area contributed by atoms with Crippen LogP contribution in [0.4, 0.5) is 0 Å². The van der Waals surface area contributed by atoms with Crippen LogP contribution in [0.15, 0.2) is 11.1 Å². The van der Waals surface area contributed by atoms with Crippen molar-refractivity contribution in [3.05, 3.63) is 11.1 Å². The summed E-state index contributed by atoms with van der Waals surface area (Å²) in [5.41, 5.74) is 1.58. The molecule has 0 radical (unpaired) electrons. The van der Waals surface area contributed by atoms with Gasteiger partial charge in [0.2, 0.25) is 0 Å². The minimum Gasteiger partial charge on any atom is -0.455 e. The minimum absolute atomic E-state index is 0.0545. The highest BCUT2D eigenvalue weighted by atomic mass is 16.6. The number of hydrogen-bond donors (Lipinski definition) is 1. The molecule has 3 nitrogen and oxygen atoms in total. The van der Waals surface area contributed by atoms with Crippen LogP contribution in [-0.2, 0) is 9.53 Å². The molecule has 1 aliphatic heterocycles. The topological polar surface area (TPSA) is 46.5 Å². The van der Waals surface area contributed by atoms with Crippen LogP contribution >= 0.6 is 0 Å². The van der Waals surface area contributed by atoms with Gasteiger partial charge in [-0.05, 0) is 56.9 Å². The third-order valence-electron chi connectivity index (χ3n) is 5.42. The molecule has 0 aromatic carbocycles. The third-order valence-corrected chi connectivity index (χ3v) is 5.42. The fourth-order valence-electron chi connectivity index (χ4n) is 4.30. The molecule has 100 valence electrons. The number of esters is 1. The van der Waals surface area contributed by atoms with E-state index in [4.69, 9.17) is 4.74 Å². The zero-order chi connectivity index (χ0) is 13.1. The lowest BCUT2D eigenvalue weighted by atomic mass is 9.59. The van der Waals surface area contributed by atoms with Crippen molar-refractivity contribution >= 4 is 5.97 Å². The summed E-state index contributed by atoms with van der Waals surface area (Å²) in [6.45, 7) is 6.07. The van der Waals surface area contributed by atoms with Gasteiger partial charge in [0.15, 0.2) is 5.60 Å². The number of allylic oxidation sites excluding steroid dienone is 1. The number of rotatable bonds is 0. The lowest BCUT2D eigenvalue weighted by molar-refractivity contribution is -0.153. The van der Waals surface area contributed by atoms with Crippen LogP contribution in [0.25, 0.3) is 0 Å². The molecule has 18 heavy (non-hydrogen) atoms. The van der Waals surface area contributed by atoms with Crippen LogP contribution in [0.2, 0.25) is 0 Å². The van der Waals surface area contributed by atoms with Gasteiger partial charge in [-0.3, -0.25) is 0 Å². The molecule has 0 bridgehead atoms. The van der Waals surface area contributed by atoms with Crippen molar-refractivity contribution in [1.29, 1.82) is 0 Å². The normalized spacial score (nSPS) is 47.7. The lowest BCUT2D eigenvalue weighted by Crippen LogP contribution is -2.45. The lowest BCUT2D eigenvalue weighted by Gasteiger charge is -2.46. The number of ether oxygens (including phenoxy) is 1. The highest BCUT2D eigenvalue weighted by Crippen LogP contribution is 2.56. The third kappa shape index (κ3) is 1.43. The molecule has 0 unspecified atom stereocenters.